The standard InChI is InChI=1S/C19H19F2N3O/c20-13-3-5-16(21)15(11-13)19-23-17-6-4-14(12-18(17)25-19)22-7-10-24-8-1-2-9-24/h3-6,11-12,22H,1-2,7-10H2. The van der Waals surface area contributed by atoms with Gasteiger partial charge in [-0.3, -0.25) is 0 Å². The van der Waals surface area contributed by atoms with Crippen LogP contribution in [0.5, 0.6) is 0 Å². The molecule has 1 aromatic heterocycles. The molecule has 4 rings (SSSR count). The molecule has 1 saturated heterocycles. The highest BCUT2D eigenvalue weighted by Gasteiger charge is 2.14. The largest absolute Gasteiger partial charge is 0.436 e. The molecule has 6 heteroatoms. The fourth-order valence-corrected chi connectivity index (χ4v) is 3.18. The first-order valence-electron chi connectivity index (χ1n) is 8.51. The molecule has 0 aliphatic carbocycles. The molecule has 1 fully saturated rings. The van der Waals surface area contributed by atoms with E-state index in [9.17, 15) is 8.78 Å². The molecule has 0 bridgehead atoms. The second-order valence-electron chi connectivity index (χ2n) is 6.30. The van der Waals surface area contributed by atoms with Crippen LogP contribution in [-0.4, -0.2) is 36.1 Å². The van der Waals surface area contributed by atoms with Crippen molar-refractivity contribution in [3.05, 3.63) is 48.0 Å². The Hall–Kier alpha value is -2.47. The summed E-state index contributed by atoms with van der Waals surface area (Å²) in [7, 11) is 0. The van der Waals surface area contributed by atoms with E-state index in [4.69, 9.17) is 4.42 Å². The van der Waals surface area contributed by atoms with E-state index in [-0.39, 0.29) is 11.5 Å². The van der Waals surface area contributed by atoms with Crippen LogP contribution < -0.4 is 5.32 Å². The zero-order valence-electron chi connectivity index (χ0n) is 13.8. The average Bonchev–Trinajstić information content (AvgIpc) is 3.26. The molecule has 2 heterocycles. The first-order chi connectivity index (χ1) is 12.2. The fourth-order valence-electron chi connectivity index (χ4n) is 3.18. The maximum absolute atomic E-state index is 13.9. The predicted molar refractivity (Wildman–Crippen MR) is 93.5 cm³/mol. The molecule has 1 aliphatic rings. The Morgan fingerprint density at radius 2 is 1.92 bits per heavy atom. The van der Waals surface area contributed by atoms with Gasteiger partial charge in [-0.2, -0.15) is 0 Å². The van der Waals surface area contributed by atoms with Crippen molar-refractivity contribution in [2.24, 2.45) is 0 Å². The van der Waals surface area contributed by atoms with Gasteiger partial charge in [-0.25, -0.2) is 13.8 Å². The van der Waals surface area contributed by atoms with Gasteiger partial charge < -0.3 is 14.6 Å². The molecule has 0 atom stereocenters. The Bertz CT molecular complexity index is 888. The highest BCUT2D eigenvalue weighted by Crippen LogP contribution is 2.28. The quantitative estimate of drug-likeness (QED) is 0.751. The number of likely N-dealkylation sites (tertiary alicyclic amines) is 1. The first-order valence-corrected chi connectivity index (χ1v) is 8.51. The SMILES string of the molecule is Fc1ccc(F)c(-c2nc3ccc(NCCN4CCCC4)cc3o2)c1. The second kappa shape index (κ2) is 6.80. The van der Waals surface area contributed by atoms with Crippen molar-refractivity contribution in [3.63, 3.8) is 0 Å². The summed E-state index contributed by atoms with van der Waals surface area (Å²) in [5.74, 6) is -0.999. The van der Waals surface area contributed by atoms with E-state index < -0.39 is 11.6 Å². The number of halogens is 2. The number of nitrogens with zero attached hydrogens (tertiary/aromatic N) is 2. The lowest BCUT2D eigenvalue weighted by atomic mass is 10.2. The summed E-state index contributed by atoms with van der Waals surface area (Å²) in [4.78, 5) is 6.70. The Morgan fingerprint density at radius 3 is 2.76 bits per heavy atom. The van der Waals surface area contributed by atoms with E-state index >= 15 is 0 Å². The van der Waals surface area contributed by atoms with Gasteiger partial charge in [0.1, 0.15) is 17.2 Å². The summed E-state index contributed by atoms with van der Waals surface area (Å²) in [6.07, 6.45) is 2.56. The smallest absolute Gasteiger partial charge is 0.230 e. The monoisotopic (exact) mass is 343 g/mol. The summed E-state index contributed by atoms with van der Waals surface area (Å²) in [5, 5.41) is 3.37. The average molecular weight is 343 g/mol. The van der Waals surface area contributed by atoms with Crippen LogP contribution in [0.3, 0.4) is 0 Å². The normalized spacial score (nSPS) is 15.1. The van der Waals surface area contributed by atoms with Crippen LogP contribution in [0.2, 0.25) is 0 Å². The van der Waals surface area contributed by atoms with Gasteiger partial charge >= 0.3 is 0 Å². The Morgan fingerprint density at radius 1 is 1.08 bits per heavy atom. The Balaban J connectivity index is 1.51. The number of rotatable bonds is 5. The summed E-state index contributed by atoms with van der Waals surface area (Å²) >= 11 is 0. The van der Waals surface area contributed by atoms with Crippen molar-refractivity contribution in [2.45, 2.75) is 12.8 Å². The summed E-state index contributed by atoms with van der Waals surface area (Å²) in [6.45, 7) is 4.20. The van der Waals surface area contributed by atoms with Crippen LogP contribution in [0, 0.1) is 11.6 Å². The maximum Gasteiger partial charge on any atom is 0.230 e. The van der Waals surface area contributed by atoms with E-state index in [1.165, 1.54) is 25.9 Å². The number of aromatic nitrogens is 1. The summed E-state index contributed by atoms with van der Waals surface area (Å²) < 4.78 is 32.9. The minimum atomic E-state index is -0.558. The lowest BCUT2D eigenvalue weighted by Gasteiger charge is -2.15. The Kier molecular flexibility index (Phi) is 4.36. The van der Waals surface area contributed by atoms with Crippen LogP contribution in [0.15, 0.2) is 40.8 Å². The number of hydrogen-bond acceptors (Lipinski definition) is 4. The molecule has 130 valence electrons. The van der Waals surface area contributed by atoms with E-state index in [0.29, 0.717) is 11.1 Å². The van der Waals surface area contributed by atoms with Crippen molar-refractivity contribution < 1.29 is 13.2 Å². The van der Waals surface area contributed by atoms with Crippen molar-refractivity contribution in [2.75, 3.05) is 31.5 Å². The molecular weight excluding hydrogens is 324 g/mol. The maximum atomic E-state index is 13.9. The molecular formula is C19H19F2N3O. The topological polar surface area (TPSA) is 41.3 Å². The van der Waals surface area contributed by atoms with Crippen molar-refractivity contribution in [3.8, 4) is 11.5 Å². The second-order valence-corrected chi connectivity index (χ2v) is 6.30. The number of anilines is 1. The molecule has 0 amide bonds. The van der Waals surface area contributed by atoms with Gasteiger partial charge in [0, 0.05) is 24.8 Å². The number of nitrogens with one attached hydrogen (secondary N) is 1. The fraction of sp³-hybridized carbons (Fsp3) is 0.316. The minimum Gasteiger partial charge on any atom is -0.436 e. The molecule has 1 aliphatic heterocycles. The van der Waals surface area contributed by atoms with Gasteiger partial charge in [-0.05, 0) is 56.3 Å². The molecule has 25 heavy (non-hydrogen) atoms. The van der Waals surface area contributed by atoms with Crippen LogP contribution in [0.25, 0.3) is 22.6 Å². The van der Waals surface area contributed by atoms with Crippen LogP contribution in [-0.2, 0) is 0 Å². The van der Waals surface area contributed by atoms with Gasteiger partial charge in [0.15, 0.2) is 5.58 Å². The lowest BCUT2D eigenvalue weighted by molar-refractivity contribution is 0.352. The van der Waals surface area contributed by atoms with Crippen LogP contribution in [0.4, 0.5) is 14.5 Å². The van der Waals surface area contributed by atoms with E-state index in [1.807, 2.05) is 18.2 Å². The van der Waals surface area contributed by atoms with E-state index in [0.717, 1.165) is 37.0 Å². The molecule has 0 unspecified atom stereocenters. The number of benzene rings is 2. The van der Waals surface area contributed by atoms with Gasteiger partial charge in [0.2, 0.25) is 5.89 Å². The predicted octanol–water partition coefficient (Wildman–Crippen LogP) is 4.28. The molecule has 0 radical (unpaired) electrons. The molecule has 3 aromatic rings. The molecule has 0 saturated carbocycles. The molecule has 1 N–H and O–H groups in total. The third-order valence-electron chi connectivity index (χ3n) is 4.50. The molecule has 0 spiro atoms. The van der Waals surface area contributed by atoms with Gasteiger partial charge in [-0.1, -0.05) is 0 Å². The zero-order chi connectivity index (χ0) is 17.2. The third kappa shape index (κ3) is 3.49. The molecule has 2 aromatic carbocycles. The number of oxazole rings is 1. The number of fused-ring (bicyclic) bond motifs is 1. The van der Waals surface area contributed by atoms with Crippen LogP contribution >= 0.6 is 0 Å². The summed E-state index contributed by atoms with van der Waals surface area (Å²) in [6, 6.07) is 8.81. The lowest BCUT2D eigenvalue weighted by Crippen LogP contribution is -2.25. The van der Waals surface area contributed by atoms with Gasteiger partial charge in [0.05, 0.1) is 5.56 Å². The highest BCUT2D eigenvalue weighted by molar-refractivity contribution is 5.80. The molecule has 4 nitrogen and oxygen atoms in total. The van der Waals surface area contributed by atoms with Gasteiger partial charge in [0.25, 0.3) is 0 Å². The highest BCUT2D eigenvalue weighted by atomic mass is 19.1. The minimum absolute atomic E-state index is 0.0275. The van der Waals surface area contributed by atoms with Crippen molar-refractivity contribution in [1.82, 2.24) is 9.88 Å². The van der Waals surface area contributed by atoms with Gasteiger partial charge in [-0.15, -0.1) is 0 Å². The van der Waals surface area contributed by atoms with Crippen molar-refractivity contribution in [1.29, 1.82) is 0 Å². The van der Waals surface area contributed by atoms with E-state index in [1.54, 1.807) is 0 Å². The third-order valence-corrected chi connectivity index (χ3v) is 4.50. The summed E-state index contributed by atoms with van der Waals surface area (Å²) in [5.41, 5.74) is 2.11. The van der Waals surface area contributed by atoms with E-state index in [2.05, 4.69) is 15.2 Å². The first kappa shape index (κ1) is 16.0. The Labute approximate surface area is 144 Å². The van der Waals surface area contributed by atoms with Crippen molar-refractivity contribution >= 4 is 16.8 Å². The number of hydrogen-bond donors (Lipinski definition) is 1. The zero-order valence-corrected chi connectivity index (χ0v) is 13.8. The van der Waals surface area contributed by atoms with Crippen LogP contribution in [0.1, 0.15) is 12.8 Å².